The molecule has 1 atom stereocenters. The zero-order valence-electron chi connectivity index (χ0n) is 14.8. The van der Waals surface area contributed by atoms with Gasteiger partial charge in [0.1, 0.15) is 5.69 Å². The van der Waals surface area contributed by atoms with Crippen LogP contribution in [0.25, 0.3) is 11.5 Å². The second-order valence-corrected chi connectivity index (χ2v) is 7.59. The van der Waals surface area contributed by atoms with Gasteiger partial charge >= 0.3 is 0 Å². The Morgan fingerprint density at radius 3 is 2.71 bits per heavy atom. The molecule has 0 N–H and O–H groups in total. The Labute approximate surface area is 147 Å². The zero-order valence-corrected chi connectivity index (χ0v) is 15.6. The van der Waals surface area contributed by atoms with E-state index in [-0.39, 0.29) is 0 Å². The standard InChI is InChI=1S/C18H25N5S/c1-5-14(4)11-17-20-18(16-8-9-19-23(16)13(2)3)22(21-17)12-15-7-6-10-24-15/h6-10,13-14H,5,11-12H2,1-4H3. The lowest BCUT2D eigenvalue weighted by molar-refractivity contribution is 0.533. The molecule has 3 rings (SSSR count). The van der Waals surface area contributed by atoms with Gasteiger partial charge in [-0.25, -0.2) is 9.67 Å². The van der Waals surface area contributed by atoms with E-state index < -0.39 is 0 Å². The molecule has 0 spiro atoms. The molecule has 0 bridgehead atoms. The van der Waals surface area contributed by atoms with Gasteiger partial charge in [0, 0.05) is 23.5 Å². The maximum atomic E-state index is 4.86. The van der Waals surface area contributed by atoms with Crippen LogP contribution in [0.15, 0.2) is 29.8 Å². The smallest absolute Gasteiger partial charge is 0.177 e. The minimum atomic E-state index is 0.292. The van der Waals surface area contributed by atoms with Crippen molar-refractivity contribution < 1.29 is 0 Å². The van der Waals surface area contributed by atoms with Gasteiger partial charge in [0.05, 0.1) is 6.54 Å². The lowest BCUT2D eigenvalue weighted by Gasteiger charge is -2.11. The lowest BCUT2D eigenvalue weighted by atomic mass is 10.1. The largest absolute Gasteiger partial charge is 0.259 e. The fourth-order valence-electron chi connectivity index (χ4n) is 2.68. The van der Waals surface area contributed by atoms with Gasteiger partial charge in [-0.3, -0.25) is 4.68 Å². The molecule has 0 aliphatic heterocycles. The van der Waals surface area contributed by atoms with Crippen molar-refractivity contribution in [1.29, 1.82) is 0 Å². The van der Waals surface area contributed by atoms with Crippen LogP contribution in [-0.2, 0) is 13.0 Å². The van der Waals surface area contributed by atoms with E-state index in [1.165, 1.54) is 4.88 Å². The molecule has 24 heavy (non-hydrogen) atoms. The number of hydrogen-bond acceptors (Lipinski definition) is 4. The average Bonchev–Trinajstić information content (AvgIpc) is 3.27. The topological polar surface area (TPSA) is 48.5 Å². The molecule has 0 radical (unpaired) electrons. The molecule has 0 saturated carbocycles. The predicted molar refractivity (Wildman–Crippen MR) is 98.2 cm³/mol. The predicted octanol–water partition coefficient (Wildman–Crippen LogP) is 4.42. The summed E-state index contributed by atoms with van der Waals surface area (Å²) >= 11 is 1.75. The van der Waals surface area contributed by atoms with E-state index in [0.29, 0.717) is 12.0 Å². The van der Waals surface area contributed by atoms with Crippen LogP contribution in [0.1, 0.15) is 50.9 Å². The molecule has 6 heteroatoms. The fourth-order valence-corrected chi connectivity index (χ4v) is 3.37. The third-order valence-corrected chi connectivity index (χ3v) is 5.08. The third kappa shape index (κ3) is 3.59. The minimum absolute atomic E-state index is 0.292. The van der Waals surface area contributed by atoms with Crippen LogP contribution in [0.4, 0.5) is 0 Å². The molecule has 3 aromatic heterocycles. The second-order valence-electron chi connectivity index (χ2n) is 6.56. The van der Waals surface area contributed by atoms with Gasteiger partial charge in [0.2, 0.25) is 0 Å². The van der Waals surface area contributed by atoms with Crippen LogP contribution in [0.5, 0.6) is 0 Å². The highest BCUT2D eigenvalue weighted by molar-refractivity contribution is 7.09. The molecule has 128 valence electrons. The van der Waals surface area contributed by atoms with Gasteiger partial charge in [0.25, 0.3) is 0 Å². The van der Waals surface area contributed by atoms with Crippen LogP contribution in [-0.4, -0.2) is 24.5 Å². The summed E-state index contributed by atoms with van der Waals surface area (Å²) in [4.78, 5) is 6.14. The molecule has 0 aromatic carbocycles. The summed E-state index contributed by atoms with van der Waals surface area (Å²) < 4.78 is 4.04. The molecule has 0 aliphatic carbocycles. The molecule has 0 fully saturated rings. The highest BCUT2D eigenvalue weighted by Gasteiger charge is 2.18. The Morgan fingerprint density at radius 2 is 2.04 bits per heavy atom. The highest BCUT2D eigenvalue weighted by Crippen LogP contribution is 2.23. The van der Waals surface area contributed by atoms with Gasteiger partial charge in [-0.05, 0) is 37.3 Å². The van der Waals surface area contributed by atoms with E-state index in [1.54, 1.807) is 11.3 Å². The summed E-state index contributed by atoms with van der Waals surface area (Å²) in [7, 11) is 0. The van der Waals surface area contributed by atoms with Crippen LogP contribution in [0, 0.1) is 5.92 Å². The maximum Gasteiger partial charge on any atom is 0.177 e. The first-order valence-electron chi connectivity index (χ1n) is 8.58. The molecule has 0 aliphatic rings. The summed E-state index contributed by atoms with van der Waals surface area (Å²) in [5.41, 5.74) is 1.03. The van der Waals surface area contributed by atoms with Gasteiger partial charge in [-0.1, -0.05) is 26.3 Å². The van der Waals surface area contributed by atoms with Crippen LogP contribution >= 0.6 is 11.3 Å². The molecule has 5 nitrogen and oxygen atoms in total. The van der Waals surface area contributed by atoms with Gasteiger partial charge in [-0.15, -0.1) is 11.3 Å². The summed E-state index contributed by atoms with van der Waals surface area (Å²) in [6, 6.07) is 6.54. The van der Waals surface area contributed by atoms with Gasteiger partial charge < -0.3 is 0 Å². The van der Waals surface area contributed by atoms with Crippen molar-refractivity contribution in [1.82, 2.24) is 24.5 Å². The van der Waals surface area contributed by atoms with E-state index in [2.05, 4.69) is 50.3 Å². The number of aromatic nitrogens is 5. The Bertz CT molecular complexity index is 769. The zero-order chi connectivity index (χ0) is 17.1. The Morgan fingerprint density at radius 1 is 1.21 bits per heavy atom. The van der Waals surface area contributed by atoms with E-state index in [9.17, 15) is 0 Å². The third-order valence-electron chi connectivity index (χ3n) is 4.22. The molecule has 3 aromatic rings. The van der Waals surface area contributed by atoms with Crippen LogP contribution < -0.4 is 0 Å². The lowest BCUT2D eigenvalue weighted by Crippen LogP contribution is -2.09. The van der Waals surface area contributed by atoms with Crippen molar-refractivity contribution in [2.45, 2.75) is 53.1 Å². The van der Waals surface area contributed by atoms with Crippen molar-refractivity contribution in [2.24, 2.45) is 5.92 Å². The molecule has 0 amide bonds. The SMILES string of the molecule is CCC(C)Cc1nc(-c2ccnn2C(C)C)n(Cc2cccs2)n1. The van der Waals surface area contributed by atoms with Crippen LogP contribution in [0.2, 0.25) is 0 Å². The molecule has 0 saturated heterocycles. The first-order valence-corrected chi connectivity index (χ1v) is 9.46. The van der Waals surface area contributed by atoms with E-state index >= 15 is 0 Å². The second kappa shape index (κ2) is 7.30. The molecule has 1 unspecified atom stereocenters. The van der Waals surface area contributed by atoms with Crippen molar-refractivity contribution in [3.8, 4) is 11.5 Å². The van der Waals surface area contributed by atoms with Crippen LogP contribution in [0.3, 0.4) is 0 Å². The summed E-state index contributed by atoms with van der Waals surface area (Å²) in [6.07, 6.45) is 3.89. The summed E-state index contributed by atoms with van der Waals surface area (Å²) in [5.74, 6) is 2.42. The molecule has 3 heterocycles. The summed E-state index contributed by atoms with van der Waals surface area (Å²) in [5, 5.41) is 11.4. The Kier molecular flexibility index (Phi) is 5.14. The quantitative estimate of drug-likeness (QED) is 0.638. The first-order chi connectivity index (χ1) is 11.6. The Balaban J connectivity index is 2.00. The van der Waals surface area contributed by atoms with Crippen molar-refractivity contribution in [3.05, 3.63) is 40.5 Å². The first kappa shape index (κ1) is 16.9. The van der Waals surface area contributed by atoms with Gasteiger partial charge in [-0.2, -0.15) is 10.2 Å². The average molecular weight is 344 g/mol. The van der Waals surface area contributed by atoms with Crippen molar-refractivity contribution >= 4 is 11.3 Å². The number of hydrogen-bond donors (Lipinski definition) is 0. The monoisotopic (exact) mass is 343 g/mol. The Hall–Kier alpha value is -1.95. The van der Waals surface area contributed by atoms with Crippen molar-refractivity contribution in [2.75, 3.05) is 0 Å². The normalized spacial score (nSPS) is 12.9. The maximum absolute atomic E-state index is 4.86. The minimum Gasteiger partial charge on any atom is -0.259 e. The van der Waals surface area contributed by atoms with E-state index in [4.69, 9.17) is 10.1 Å². The van der Waals surface area contributed by atoms with Crippen molar-refractivity contribution in [3.63, 3.8) is 0 Å². The molecular formula is C18H25N5S. The fraction of sp³-hybridized carbons (Fsp3) is 0.500. The number of thiophene rings is 1. The summed E-state index contributed by atoms with van der Waals surface area (Å²) in [6.45, 7) is 9.48. The highest BCUT2D eigenvalue weighted by atomic mass is 32.1. The van der Waals surface area contributed by atoms with E-state index in [1.807, 2.05) is 21.6 Å². The van der Waals surface area contributed by atoms with E-state index in [0.717, 1.165) is 36.7 Å². The number of rotatable bonds is 7. The number of nitrogens with zero attached hydrogens (tertiary/aromatic N) is 5. The molecular weight excluding hydrogens is 318 g/mol. The van der Waals surface area contributed by atoms with Gasteiger partial charge in [0.15, 0.2) is 11.6 Å².